The monoisotopic (exact) mass is 313 g/mol. The van der Waals surface area contributed by atoms with E-state index in [1.54, 1.807) is 4.90 Å². The van der Waals surface area contributed by atoms with Crippen molar-refractivity contribution in [2.45, 2.75) is 38.5 Å². The van der Waals surface area contributed by atoms with Crippen LogP contribution in [0.4, 0.5) is 8.78 Å². The molecule has 1 saturated carbocycles. The average Bonchev–Trinajstić information content (AvgIpc) is 3.25. The highest BCUT2D eigenvalue weighted by molar-refractivity contribution is 6.30. The second kappa shape index (κ2) is 5.24. The Balaban J connectivity index is 1.82. The Kier molecular flexibility index (Phi) is 3.68. The number of amides is 1. The zero-order valence-corrected chi connectivity index (χ0v) is 12.7. The molecule has 0 spiro atoms. The summed E-state index contributed by atoms with van der Waals surface area (Å²) in [5.41, 5.74) is 0.886. The minimum absolute atomic E-state index is 0.110. The Morgan fingerprint density at radius 3 is 2.76 bits per heavy atom. The molecule has 2 aliphatic rings. The van der Waals surface area contributed by atoms with Crippen LogP contribution in [0, 0.1) is 5.41 Å². The molecular weight excluding hydrogens is 296 g/mol. The number of hydrogen-bond acceptors (Lipinski definition) is 1. The Labute approximate surface area is 128 Å². The molecule has 1 unspecified atom stereocenters. The van der Waals surface area contributed by atoms with E-state index in [0.717, 1.165) is 11.1 Å². The van der Waals surface area contributed by atoms with Crippen LogP contribution < -0.4 is 0 Å². The third-order valence-corrected chi connectivity index (χ3v) is 4.94. The second-order valence-electron chi connectivity index (χ2n) is 6.20. The first-order chi connectivity index (χ1) is 9.94. The van der Waals surface area contributed by atoms with E-state index in [-0.39, 0.29) is 11.8 Å². The van der Waals surface area contributed by atoms with Crippen LogP contribution in [0.25, 0.3) is 0 Å². The van der Waals surface area contributed by atoms with Gasteiger partial charge in [0.05, 0.1) is 0 Å². The SMILES string of the molecule is CC1CN(C(=O)C2(C(F)F)CC2)CCc2ccc(Cl)cc21. The molecule has 1 atom stereocenters. The van der Waals surface area contributed by atoms with E-state index in [4.69, 9.17) is 11.6 Å². The molecule has 2 nitrogen and oxygen atoms in total. The number of alkyl halides is 2. The third-order valence-electron chi connectivity index (χ3n) is 4.70. The molecule has 1 aromatic carbocycles. The number of benzene rings is 1. The lowest BCUT2D eigenvalue weighted by atomic mass is 9.95. The van der Waals surface area contributed by atoms with E-state index >= 15 is 0 Å². The fourth-order valence-corrected chi connectivity index (χ4v) is 3.37. The van der Waals surface area contributed by atoms with Crippen LogP contribution in [0.2, 0.25) is 5.02 Å². The highest BCUT2D eigenvalue weighted by Gasteiger charge is 2.59. The number of carbonyl (C=O) groups excluding carboxylic acids is 1. The Morgan fingerprint density at radius 2 is 2.14 bits per heavy atom. The van der Waals surface area contributed by atoms with Gasteiger partial charge in [0.2, 0.25) is 5.91 Å². The van der Waals surface area contributed by atoms with Crippen LogP contribution in [0.5, 0.6) is 0 Å². The molecule has 5 heteroatoms. The molecule has 0 saturated heterocycles. The maximum Gasteiger partial charge on any atom is 0.252 e. The maximum absolute atomic E-state index is 13.1. The van der Waals surface area contributed by atoms with E-state index in [1.807, 2.05) is 25.1 Å². The van der Waals surface area contributed by atoms with Crippen molar-refractivity contribution in [1.29, 1.82) is 0 Å². The van der Waals surface area contributed by atoms with Gasteiger partial charge in [-0.25, -0.2) is 8.78 Å². The zero-order valence-electron chi connectivity index (χ0n) is 11.9. The van der Waals surface area contributed by atoms with E-state index in [2.05, 4.69) is 0 Å². The van der Waals surface area contributed by atoms with Crippen LogP contribution in [0.3, 0.4) is 0 Å². The van der Waals surface area contributed by atoms with Gasteiger partial charge in [0, 0.05) is 18.1 Å². The van der Waals surface area contributed by atoms with Gasteiger partial charge in [-0.1, -0.05) is 24.6 Å². The smallest absolute Gasteiger partial charge is 0.252 e. The molecule has 1 aromatic rings. The maximum atomic E-state index is 13.1. The third kappa shape index (κ3) is 2.54. The topological polar surface area (TPSA) is 20.3 Å². The quantitative estimate of drug-likeness (QED) is 0.811. The minimum Gasteiger partial charge on any atom is -0.341 e. The summed E-state index contributed by atoms with van der Waals surface area (Å²) >= 11 is 6.04. The standard InChI is InChI=1S/C16H18ClF2NO/c1-10-9-20(15(21)16(5-6-16)14(18)19)7-4-11-2-3-12(17)8-13(10)11/h2-3,8,10,14H,4-7,9H2,1H3. The lowest BCUT2D eigenvalue weighted by Gasteiger charge is -2.27. The predicted octanol–water partition coefficient (Wildman–Crippen LogP) is 3.87. The van der Waals surface area contributed by atoms with Gasteiger partial charge in [-0.05, 0) is 48.4 Å². The van der Waals surface area contributed by atoms with Crippen molar-refractivity contribution in [3.63, 3.8) is 0 Å². The first-order valence-electron chi connectivity index (χ1n) is 7.30. The molecular formula is C16H18ClF2NO. The molecule has 1 heterocycles. The fraction of sp³-hybridized carbons (Fsp3) is 0.562. The van der Waals surface area contributed by atoms with Gasteiger partial charge in [-0.2, -0.15) is 0 Å². The van der Waals surface area contributed by atoms with Gasteiger partial charge >= 0.3 is 0 Å². The second-order valence-corrected chi connectivity index (χ2v) is 6.64. The van der Waals surface area contributed by atoms with Crippen LogP contribution >= 0.6 is 11.6 Å². The summed E-state index contributed by atoms with van der Waals surface area (Å²) in [6.45, 7) is 3.01. The van der Waals surface area contributed by atoms with Gasteiger partial charge in [0.25, 0.3) is 6.43 Å². The Bertz CT molecular complexity index is 571. The molecule has 21 heavy (non-hydrogen) atoms. The predicted molar refractivity (Wildman–Crippen MR) is 77.8 cm³/mol. The molecule has 1 fully saturated rings. The highest BCUT2D eigenvalue weighted by Crippen LogP contribution is 2.52. The fourth-order valence-electron chi connectivity index (χ4n) is 3.19. The normalized spacial score (nSPS) is 23.7. The zero-order chi connectivity index (χ0) is 15.2. The lowest BCUT2D eigenvalue weighted by Crippen LogP contribution is -2.42. The van der Waals surface area contributed by atoms with Crippen LogP contribution in [-0.2, 0) is 11.2 Å². The van der Waals surface area contributed by atoms with Crippen molar-refractivity contribution in [3.8, 4) is 0 Å². The molecule has 0 bridgehead atoms. The van der Waals surface area contributed by atoms with E-state index in [1.165, 1.54) is 0 Å². The number of carbonyl (C=O) groups is 1. The van der Waals surface area contributed by atoms with Crippen molar-refractivity contribution in [1.82, 2.24) is 4.90 Å². The summed E-state index contributed by atoms with van der Waals surface area (Å²) in [4.78, 5) is 14.1. The van der Waals surface area contributed by atoms with Crippen LogP contribution in [-0.4, -0.2) is 30.3 Å². The molecule has 0 N–H and O–H groups in total. The van der Waals surface area contributed by atoms with Gasteiger partial charge in [-0.3, -0.25) is 4.79 Å². The number of rotatable bonds is 2. The average molecular weight is 314 g/mol. The number of halogens is 3. The molecule has 3 rings (SSSR count). The van der Waals surface area contributed by atoms with E-state index in [9.17, 15) is 13.6 Å². The first-order valence-corrected chi connectivity index (χ1v) is 7.68. The molecule has 1 aliphatic carbocycles. The summed E-state index contributed by atoms with van der Waals surface area (Å²) in [6, 6.07) is 5.74. The summed E-state index contributed by atoms with van der Waals surface area (Å²) in [6.07, 6.45) is -1.23. The van der Waals surface area contributed by atoms with Crippen molar-refractivity contribution in [2.75, 3.05) is 13.1 Å². The van der Waals surface area contributed by atoms with Crippen molar-refractivity contribution >= 4 is 17.5 Å². The largest absolute Gasteiger partial charge is 0.341 e. The van der Waals surface area contributed by atoms with Gasteiger partial charge < -0.3 is 4.90 Å². The Morgan fingerprint density at radius 1 is 1.43 bits per heavy atom. The van der Waals surface area contributed by atoms with Crippen molar-refractivity contribution < 1.29 is 13.6 Å². The number of nitrogens with zero attached hydrogens (tertiary/aromatic N) is 1. The summed E-state index contributed by atoms with van der Waals surface area (Å²) < 4.78 is 26.3. The molecule has 1 aliphatic heterocycles. The molecule has 0 aromatic heterocycles. The molecule has 0 radical (unpaired) electrons. The van der Waals surface area contributed by atoms with Crippen LogP contribution in [0.15, 0.2) is 18.2 Å². The van der Waals surface area contributed by atoms with Gasteiger partial charge in [-0.15, -0.1) is 0 Å². The van der Waals surface area contributed by atoms with Gasteiger partial charge in [0.1, 0.15) is 5.41 Å². The summed E-state index contributed by atoms with van der Waals surface area (Å²) in [5, 5.41) is 0.673. The molecule has 114 valence electrons. The minimum atomic E-state index is -2.56. The lowest BCUT2D eigenvalue weighted by molar-refractivity contribution is -0.143. The number of fused-ring (bicyclic) bond motifs is 1. The highest BCUT2D eigenvalue weighted by atomic mass is 35.5. The summed E-state index contributed by atoms with van der Waals surface area (Å²) in [7, 11) is 0. The van der Waals surface area contributed by atoms with Crippen molar-refractivity contribution in [2.24, 2.45) is 5.41 Å². The van der Waals surface area contributed by atoms with Gasteiger partial charge in [0.15, 0.2) is 0 Å². The Hall–Kier alpha value is -1.16. The molecule has 1 amide bonds. The summed E-state index contributed by atoms with van der Waals surface area (Å²) in [5.74, 6) is -0.262. The van der Waals surface area contributed by atoms with Crippen molar-refractivity contribution in [3.05, 3.63) is 34.3 Å². The van der Waals surface area contributed by atoms with E-state index < -0.39 is 11.8 Å². The van der Waals surface area contributed by atoms with E-state index in [0.29, 0.717) is 37.4 Å². The van der Waals surface area contributed by atoms with Crippen LogP contribution in [0.1, 0.15) is 36.8 Å². The first kappa shape index (κ1) is 14.8. The number of hydrogen-bond donors (Lipinski definition) is 0.